The van der Waals surface area contributed by atoms with E-state index in [4.69, 9.17) is 17.3 Å². The van der Waals surface area contributed by atoms with E-state index >= 15 is 0 Å². The first-order valence-electron chi connectivity index (χ1n) is 4.23. The zero-order chi connectivity index (χ0) is 10.3. The molecule has 0 aromatic rings. The second-order valence-electron chi connectivity index (χ2n) is 2.77. The minimum absolute atomic E-state index is 0.0362. The van der Waals surface area contributed by atoms with Gasteiger partial charge in [0.2, 0.25) is 11.8 Å². The van der Waals surface area contributed by atoms with Crippen molar-refractivity contribution in [2.75, 3.05) is 19.0 Å². The van der Waals surface area contributed by atoms with E-state index < -0.39 is 5.91 Å². The maximum atomic E-state index is 11.1. The number of carbonyl (C=O) groups excluding carboxylic acids is 2. The average Bonchev–Trinajstić information content (AvgIpc) is 2.10. The Balaban J connectivity index is 4.02. The summed E-state index contributed by atoms with van der Waals surface area (Å²) >= 11 is 5.37. The molecular weight excluding hydrogens is 192 g/mol. The number of alkyl halides is 1. The molecule has 0 aromatic heterocycles. The zero-order valence-electron chi connectivity index (χ0n) is 7.75. The number of rotatable bonds is 6. The SMILES string of the molecule is CCCCN(CC(N)=O)C(=O)CCl. The molecule has 0 radical (unpaired) electrons. The number of amides is 2. The van der Waals surface area contributed by atoms with Gasteiger partial charge in [-0.25, -0.2) is 0 Å². The lowest BCUT2D eigenvalue weighted by Gasteiger charge is -2.19. The molecule has 0 aromatic carbocycles. The third-order valence-corrected chi connectivity index (χ3v) is 1.82. The molecule has 76 valence electrons. The molecule has 0 heterocycles. The summed E-state index contributed by atoms with van der Waals surface area (Å²) < 4.78 is 0. The lowest BCUT2D eigenvalue weighted by Crippen LogP contribution is -2.39. The van der Waals surface area contributed by atoms with Gasteiger partial charge in [-0.15, -0.1) is 11.6 Å². The first-order valence-corrected chi connectivity index (χ1v) is 4.77. The highest BCUT2D eigenvalue weighted by molar-refractivity contribution is 6.27. The van der Waals surface area contributed by atoms with Crippen LogP contribution >= 0.6 is 11.6 Å². The third kappa shape index (κ3) is 5.47. The molecule has 0 unspecified atom stereocenters. The number of hydrogen-bond acceptors (Lipinski definition) is 2. The predicted octanol–water partition coefficient (Wildman–Crippen LogP) is 0.339. The van der Waals surface area contributed by atoms with E-state index in [1.165, 1.54) is 4.90 Å². The predicted molar refractivity (Wildman–Crippen MR) is 51.4 cm³/mol. The fraction of sp³-hybridized carbons (Fsp3) is 0.750. The highest BCUT2D eigenvalue weighted by Gasteiger charge is 2.13. The van der Waals surface area contributed by atoms with Crippen LogP contribution in [0.25, 0.3) is 0 Å². The van der Waals surface area contributed by atoms with Crippen molar-refractivity contribution < 1.29 is 9.59 Å². The maximum Gasteiger partial charge on any atom is 0.237 e. The summed E-state index contributed by atoms with van der Waals surface area (Å²) in [6.07, 6.45) is 1.82. The molecule has 0 fully saturated rings. The van der Waals surface area contributed by atoms with Crippen LogP contribution in [0.5, 0.6) is 0 Å². The molecule has 0 aliphatic rings. The molecule has 0 rings (SSSR count). The number of hydrogen-bond donors (Lipinski definition) is 1. The van der Waals surface area contributed by atoms with Crippen molar-refractivity contribution >= 4 is 23.4 Å². The van der Waals surface area contributed by atoms with Gasteiger partial charge in [-0.1, -0.05) is 13.3 Å². The van der Waals surface area contributed by atoms with Crippen LogP contribution in [-0.2, 0) is 9.59 Å². The van der Waals surface area contributed by atoms with Crippen molar-refractivity contribution in [2.24, 2.45) is 5.73 Å². The van der Waals surface area contributed by atoms with Crippen molar-refractivity contribution in [2.45, 2.75) is 19.8 Å². The van der Waals surface area contributed by atoms with Crippen LogP contribution in [-0.4, -0.2) is 35.7 Å². The first-order chi connectivity index (χ1) is 6.11. The molecule has 0 aliphatic heterocycles. The lowest BCUT2D eigenvalue weighted by molar-refractivity contribution is -0.133. The Morgan fingerprint density at radius 1 is 1.46 bits per heavy atom. The number of carbonyl (C=O) groups is 2. The molecule has 0 saturated heterocycles. The van der Waals surface area contributed by atoms with Crippen LogP contribution < -0.4 is 5.73 Å². The van der Waals surface area contributed by atoms with Crippen molar-refractivity contribution in [1.82, 2.24) is 4.90 Å². The second kappa shape index (κ2) is 6.71. The van der Waals surface area contributed by atoms with Crippen LogP contribution in [0.2, 0.25) is 0 Å². The molecule has 5 heteroatoms. The minimum atomic E-state index is -0.505. The molecule has 0 saturated carbocycles. The van der Waals surface area contributed by atoms with Crippen molar-refractivity contribution in [3.63, 3.8) is 0 Å². The Kier molecular flexibility index (Phi) is 6.32. The number of primary amides is 1. The topological polar surface area (TPSA) is 63.4 Å². The molecule has 0 aliphatic carbocycles. The Bertz CT molecular complexity index is 185. The molecular formula is C8H15ClN2O2. The second-order valence-corrected chi connectivity index (χ2v) is 3.04. The van der Waals surface area contributed by atoms with E-state index in [-0.39, 0.29) is 18.3 Å². The van der Waals surface area contributed by atoms with Crippen molar-refractivity contribution in [3.8, 4) is 0 Å². The zero-order valence-corrected chi connectivity index (χ0v) is 8.51. The van der Waals surface area contributed by atoms with Crippen LogP contribution in [0.3, 0.4) is 0 Å². The Hall–Kier alpha value is -0.770. The number of nitrogens with zero attached hydrogens (tertiary/aromatic N) is 1. The highest BCUT2D eigenvalue weighted by Crippen LogP contribution is 1.96. The summed E-state index contributed by atoms with van der Waals surface area (Å²) in [6.45, 7) is 2.52. The molecule has 13 heavy (non-hydrogen) atoms. The van der Waals surface area contributed by atoms with Gasteiger partial charge in [-0.2, -0.15) is 0 Å². The third-order valence-electron chi connectivity index (χ3n) is 1.60. The summed E-state index contributed by atoms with van der Waals surface area (Å²) in [6, 6.07) is 0. The van der Waals surface area contributed by atoms with Gasteiger partial charge in [0.1, 0.15) is 5.88 Å². The molecule has 0 bridgehead atoms. The van der Waals surface area contributed by atoms with Gasteiger partial charge in [0, 0.05) is 6.54 Å². The summed E-state index contributed by atoms with van der Waals surface area (Å²) in [5.41, 5.74) is 4.98. The van der Waals surface area contributed by atoms with Crippen molar-refractivity contribution in [1.29, 1.82) is 0 Å². The smallest absolute Gasteiger partial charge is 0.237 e. The fourth-order valence-electron chi connectivity index (χ4n) is 0.914. The Morgan fingerprint density at radius 2 is 2.08 bits per heavy atom. The van der Waals surface area contributed by atoms with Gasteiger partial charge >= 0.3 is 0 Å². The van der Waals surface area contributed by atoms with E-state index in [9.17, 15) is 9.59 Å². The number of halogens is 1. The van der Waals surface area contributed by atoms with Gasteiger partial charge in [0.25, 0.3) is 0 Å². The van der Waals surface area contributed by atoms with Crippen LogP contribution in [0.4, 0.5) is 0 Å². The lowest BCUT2D eigenvalue weighted by atomic mass is 10.3. The average molecular weight is 207 g/mol. The monoisotopic (exact) mass is 206 g/mol. The van der Waals surface area contributed by atoms with Gasteiger partial charge in [-0.05, 0) is 6.42 Å². The van der Waals surface area contributed by atoms with E-state index in [0.717, 1.165) is 12.8 Å². The summed E-state index contributed by atoms with van der Waals surface area (Å²) in [5.74, 6) is -0.847. The van der Waals surface area contributed by atoms with Crippen LogP contribution in [0.15, 0.2) is 0 Å². The van der Waals surface area contributed by atoms with E-state index in [0.29, 0.717) is 6.54 Å². The molecule has 2 N–H and O–H groups in total. The number of unbranched alkanes of at least 4 members (excludes halogenated alkanes) is 1. The van der Waals surface area contributed by atoms with Crippen LogP contribution in [0.1, 0.15) is 19.8 Å². The fourth-order valence-corrected chi connectivity index (χ4v) is 1.08. The van der Waals surface area contributed by atoms with Gasteiger partial charge < -0.3 is 10.6 Å². The minimum Gasteiger partial charge on any atom is -0.368 e. The van der Waals surface area contributed by atoms with Crippen LogP contribution in [0, 0.1) is 0 Å². The number of nitrogens with two attached hydrogens (primary N) is 1. The molecule has 2 amide bonds. The standard InChI is InChI=1S/C8H15ClN2O2/c1-2-3-4-11(6-7(10)12)8(13)5-9/h2-6H2,1H3,(H2,10,12). The van der Waals surface area contributed by atoms with Gasteiger partial charge in [-0.3, -0.25) is 9.59 Å². The highest BCUT2D eigenvalue weighted by atomic mass is 35.5. The Morgan fingerprint density at radius 3 is 2.46 bits per heavy atom. The summed E-state index contributed by atoms with van der Waals surface area (Å²) in [4.78, 5) is 23.1. The van der Waals surface area contributed by atoms with Gasteiger partial charge in [0.05, 0.1) is 6.54 Å². The van der Waals surface area contributed by atoms with Crippen molar-refractivity contribution in [3.05, 3.63) is 0 Å². The summed E-state index contributed by atoms with van der Waals surface area (Å²) in [5, 5.41) is 0. The quantitative estimate of drug-likeness (QED) is 0.637. The molecule has 0 spiro atoms. The largest absolute Gasteiger partial charge is 0.368 e. The van der Waals surface area contributed by atoms with Gasteiger partial charge in [0.15, 0.2) is 0 Å². The van der Waals surface area contributed by atoms with E-state index in [1.807, 2.05) is 6.92 Å². The Labute approximate surface area is 83.0 Å². The maximum absolute atomic E-state index is 11.1. The first kappa shape index (κ1) is 12.2. The van der Waals surface area contributed by atoms with E-state index in [2.05, 4.69) is 0 Å². The molecule has 4 nitrogen and oxygen atoms in total. The summed E-state index contributed by atoms with van der Waals surface area (Å²) in [7, 11) is 0. The molecule has 0 atom stereocenters. The van der Waals surface area contributed by atoms with E-state index in [1.54, 1.807) is 0 Å². The normalized spacial score (nSPS) is 9.69.